The Morgan fingerprint density at radius 3 is 2.35 bits per heavy atom. The van der Waals surface area contributed by atoms with Crippen molar-refractivity contribution in [3.05, 3.63) is 11.1 Å². The van der Waals surface area contributed by atoms with Crippen LogP contribution in [0.15, 0.2) is 11.1 Å². The van der Waals surface area contributed by atoms with Crippen molar-refractivity contribution in [3.63, 3.8) is 0 Å². The lowest BCUT2D eigenvalue weighted by Gasteiger charge is -2.69. The van der Waals surface area contributed by atoms with E-state index in [2.05, 4.69) is 52.2 Å². The lowest BCUT2D eigenvalue weighted by Crippen LogP contribution is -2.62. The topological polar surface area (TPSA) is 159 Å². The van der Waals surface area contributed by atoms with Crippen LogP contribution in [0.3, 0.4) is 0 Å². The average molecular weight is 724 g/mol. The van der Waals surface area contributed by atoms with Crippen molar-refractivity contribution in [3.8, 4) is 0 Å². The molecule has 9 nitrogen and oxygen atoms in total. The van der Waals surface area contributed by atoms with Gasteiger partial charge in [-0.1, -0.05) is 54.0 Å². The first kappa shape index (κ1) is 39.6. The third-order valence-corrected chi connectivity index (χ3v) is 17.0. The fraction of sp³-hybridized carbons (Fsp3) is 0.860. The van der Waals surface area contributed by atoms with E-state index < -0.39 is 11.7 Å². The van der Waals surface area contributed by atoms with Crippen LogP contribution in [-0.2, 0) is 19.2 Å². The van der Waals surface area contributed by atoms with Gasteiger partial charge in [-0.25, -0.2) is 0 Å². The number of Topliss-reactive ketones (excluding diaryl/α,β-unsaturated/α-hetero) is 2. The van der Waals surface area contributed by atoms with Crippen molar-refractivity contribution in [1.82, 2.24) is 10.6 Å². The molecule has 12 unspecified atom stereocenters. The number of aliphatic hydroxyl groups is 1. The Labute approximate surface area is 312 Å². The summed E-state index contributed by atoms with van der Waals surface area (Å²) >= 11 is 0. The summed E-state index contributed by atoms with van der Waals surface area (Å²) < 4.78 is 0. The number of fused-ring (bicyclic) bond motifs is 7. The third kappa shape index (κ3) is 6.34. The Morgan fingerprint density at radius 1 is 1.00 bits per heavy atom. The molecular weight excluding hydrogens is 654 g/mol. The quantitative estimate of drug-likeness (QED) is 0.0797. The van der Waals surface area contributed by atoms with E-state index in [0.717, 1.165) is 44.1 Å². The van der Waals surface area contributed by atoms with E-state index in [4.69, 9.17) is 5.73 Å². The second kappa shape index (κ2) is 14.2. The minimum atomic E-state index is -1.38. The molecule has 0 aromatic heterocycles. The summed E-state index contributed by atoms with van der Waals surface area (Å²) in [5.41, 5.74) is 7.19. The zero-order valence-electron chi connectivity index (χ0n) is 33.2. The molecule has 6 aliphatic rings. The minimum absolute atomic E-state index is 0.0392. The number of aliphatic carboxylic acids is 1. The fourth-order valence-electron chi connectivity index (χ4n) is 14.3. The molecule has 6 N–H and O–H groups in total. The molecule has 0 aromatic rings. The van der Waals surface area contributed by atoms with E-state index in [1.165, 1.54) is 24.8 Å². The maximum absolute atomic E-state index is 13.9. The van der Waals surface area contributed by atoms with Gasteiger partial charge >= 0.3 is 5.97 Å². The van der Waals surface area contributed by atoms with Gasteiger partial charge < -0.3 is 26.6 Å². The maximum Gasteiger partial charge on any atom is 0.306 e. The van der Waals surface area contributed by atoms with Crippen molar-refractivity contribution in [2.45, 2.75) is 138 Å². The van der Waals surface area contributed by atoms with E-state index in [-0.39, 0.29) is 70.6 Å². The predicted octanol–water partition coefficient (Wildman–Crippen LogP) is 6.27. The number of nitrogens with one attached hydrogen (secondary N) is 2. The van der Waals surface area contributed by atoms with Crippen LogP contribution in [0, 0.1) is 74.9 Å². The van der Waals surface area contributed by atoms with Crippen molar-refractivity contribution in [2.75, 3.05) is 19.6 Å². The molecule has 0 radical (unpaired) electrons. The number of hydrogen-bond donors (Lipinski definition) is 5. The molecule has 5 fully saturated rings. The summed E-state index contributed by atoms with van der Waals surface area (Å²) in [4.78, 5) is 50.2. The number of ketones is 2. The molecule has 6 rings (SSSR count). The second-order valence-corrected chi connectivity index (χ2v) is 20.0. The summed E-state index contributed by atoms with van der Waals surface area (Å²) in [7, 11) is 0. The van der Waals surface area contributed by atoms with Crippen LogP contribution in [0.5, 0.6) is 0 Å². The highest BCUT2D eigenvalue weighted by Gasteiger charge is 2.66. The normalized spacial score (nSPS) is 41.9. The second-order valence-electron chi connectivity index (χ2n) is 20.0. The molecule has 292 valence electrons. The number of rotatable bonds is 14. The Kier molecular flexibility index (Phi) is 10.8. The number of carbonyl (C=O) groups excluding carboxylic acids is 3. The number of nitrogens with two attached hydrogens (primary N) is 1. The lowest BCUT2D eigenvalue weighted by molar-refractivity contribution is -0.193. The summed E-state index contributed by atoms with van der Waals surface area (Å²) in [6.45, 7) is 17.5. The van der Waals surface area contributed by atoms with Crippen LogP contribution in [-0.4, -0.2) is 59.5 Å². The molecule has 5 saturated carbocycles. The van der Waals surface area contributed by atoms with Crippen LogP contribution in [0.2, 0.25) is 0 Å². The van der Waals surface area contributed by atoms with E-state index in [1.807, 2.05) is 6.92 Å². The van der Waals surface area contributed by atoms with Crippen molar-refractivity contribution in [2.24, 2.45) is 80.7 Å². The van der Waals surface area contributed by atoms with E-state index in [9.17, 15) is 29.4 Å². The van der Waals surface area contributed by atoms with Crippen molar-refractivity contribution < 1.29 is 29.4 Å². The highest BCUT2D eigenvalue weighted by molar-refractivity contribution is 6.00. The summed E-state index contributed by atoms with van der Waals surface area (Å²) in [5.74, 6) is 1.98. The van der Waals surface area contributed by atoms with Crippen LogP contribution in [0.4, 0.5) is 0 Å². The first-order valence-corrected chi connectivity index (χ1v) is 20.8. The molecular formula is C43H69N3O6. The zero-order chi connectivity index (χ0) is 38.0. The van der Waals surface area contributed by atoms with Gasteiger partial charge in [-0.15, -0.1) is 0 Å². The monoisotopic (exact) mass is 724 g/mol. The minimum Gasteiger partial charge on any atom is -0.481 e. The largest absolute Gasteiger partial charge is 0.481 e. The highest BCUT2D eigenvalue weighted by Crippen LogP contribution is 2.74. The van der Waals surface area contributed by atoms with Gasteiger partial charge in [0.15, 0.2) is 11.5 Å². The van der Waals surface area contributed by atoms with E-state index in [0.29, 0.717) is 67.6 Å². The number of carboxylic acid groups (broad SMARTS) is 1. The summed E-state index contributed by atoms with van der Waals surface area (Å²) in [5, 5.41) is 26.3. The molecule has 0 aliphatic heterocycles. The summed E-state index contributed by atoms with van der Waals surface area (Å²) in [6, 6.07) is 0. The van der Waals surface area contributed by atoms with Gasteiger partial charge in [0.1, 0.15) is 5.78 Å². The van der Waals surface area contributed by atoms with Crippen LogP contribution in [0.1, 0.15) is 132 Å². The number of carbonyl (C=O) groups is 4. The van der Waals surface area contributed by atoms with Crippen LogP contribution >= 0.6 is 0 Å². The maximum atomic E-state index is 13.9. The SMILES string of the molecule is CC(C)C1=C2C3CCC4C(C)(CCC5C(C)(C)C(CC(=O)C6CC(C(=O)O)C6C)CCC54C)C3CCC2(CCNCC(O)(CCN)NC=O)CC1=O. The van der Waals surface area contributed by atoms with Gasteiger partial charge in [-0.3, -0.25) is 19.2 Å². The number of amides is 1. The molecule has 9 heteroatoms. The summed E-state index contributed by atoms with van der Waals surface area (Å²) in [6.07, 6.45) is 12.4. The smallest absolute Gasteiger partial charge is 0.306 e. The molecule has 0 spiro atoms. The molecule has 0 heterocycles. The van der Waals surface area contributed by atoms with E-state index >= 15 is 0 Å². The molecule has 0 saturated heterocycles. The van der Waals surface area contributed by atoms with Gasteiger partial charge in [-0.2, -0.15) is 0 Å². The molecule has 12 atom stereocenters. The first-order chi connectivity index (χ1) is 24.4. The molecule has 1 amide bonds. The Balaban J connectivity index is 1.19. The highest BCUT2D eigenvalue weighted by atomic mass is 16.4. The van der Waals surface area contributed by atoms with Gasteiger partial charge in [-0.05, 0) is 141 Å². The Morgan fingerprint density at radius 2 is 1.71 bits per heavy atom. The first-order valence-electron chi connectivity index (χ1n) is 20.8. The predicted molar refractivity (Wildman–Crippen MR) is 202 cm³/mol. The number of carboxylic acids is 1. The van der Waals surface area contributed by atoms with Crippen LogP contribution in [0.25, 0.3) is 0 Å². The third-order valence-electron chi connectivity index (χ3n) is 17.0. The average Bonchev–Trinajstić information content (AvgIpc) is 3.36. The Hall–Kier alpha value is -2.10. The number of allylic oxidation sites excluding steroid dienone is 2. The van der Waals surface area contributed by atoms with Gasteiger partial charge in [0.2, 0.25) is 6.41 Å². The number of hydrogen-bond acceptors (Lipinski definition) is 7. The van der Waals surface area contributed by atoms with Crippen LogP contribution < -0.4 is 16.4 Å². The zero-order valence-corrected chi connectivity index (χ0v) is 33.2. The molecule has 0 aromatic carbocycles. The molecule has 6 aliphatic carbocycles. The van der Waals surface area contributed by atoms with Crippen molar-refractivity contribution in [1.29, 1.82) is 0 Å². The van der Waals surface area contributed by atoms with Gasteiger partial charge in [0, 0.05) is 37.1 Å². The van der Waals surface area contributed by atoms with Gasteiger partial charge in [0.05, 0.1) is 5.92 Å². The van der Waals surface area contributed by atoms with E-state index in [1.54, 1.807) is 0 Å². The fourth-order valence-corrected chi connectivity index (χ4v) is 14.3. The van der Waals surface area contributed by atoms with Gasteiger partial charge in [0.25, 0.3) is 0 Å². The standard InChI is InChI=1S/C43H69N3O6/c1-25(2)36-33(49)22-42(17-19-45-23-43(52,16-18-44)46-24-47)15-11-31-28(37(36)42)8-9-35-40(31,6)14-12-34-39(4,5)27(10-13-41(34,35)7)20-32(48)29-21-30(26(29)3)38(50)51/h24-31,34-35,45,52H,8-23,44H2,1-7H3,(H,46,47)(H,50,51). The molecule has 0 bridgehead atoms. The molecule has 52 heavy (non-hydrogen) atoms. The lowest BCUT2D eigenvalue weighted by atomic mass is 9.35. The Bertz CT molecular complexity index is 1460. The van der Waals surface area contributed by atoms with Crippen molar-refractivity contribution >= 4 is 23.9 Å².